The van der Waals surface area contributed by atoms with Gasteiger partial charge < -0.3 is 10.6 Å². The van der Waals surface area contributed by atoms with E-state index in [-0.39, 0.29) is 17.7 Å². The summed E-state index contributed by atoms with van der Waals surface area (Å²) in [7, 11) is 0. The van der Waals surface area contributed by atoms with Crippen LogP contribution in [0.2, 0.25) is 0 Å². The van der Waals surface area contributed by atoms with Gasteiger partial charge in [0.25, 0.3) is 0 Å². The van der Waals surface area contributed by atoms with Gasteiger partial charge in [-0.05, 0) is 69.3 Å². The Labute approximate surface area is 173 Å². The molecule has 2 N–H and O–H groups in total. The molecule has 5 nitrogen and oxygen atoms in total. The van der Waals surface area contributed by atoms with Gasteiger partial charge in [-0.15, -0.1) is 0 Å². The first-order valence-electron chi connectivity index (χ1n) is 9.82. The van der Waals surface area contributed by atoms with E-state index in [9.17, 15) is 22.8 Å². The molecule has 1 aliphatic rings. The summed E-state index contributed by atoms with van der Waals surface area (Å²) >= 11 is 0. The third-order valence-electron chi connectivity index (χ3n) is 5.35. The van der Waals surface area contributed by atoms with Gasteiger partial charge in [0.15, 0.2) is 0 Å². The number of piperidine rings is 1. The Morgan fingerprint density at radius 1 is 0.933 bits per heavy atom. The second kappa shape index (κ2) is 9.30. The van der Waals surface area contributed by atoms with Crippen LogP contribution in [0, 0.1) is 5.92 Å². The van der Waals surface area contributed by atoms with E-state index in [1.807, 2.05) is 35.2 Å². The summed E-state index contributed by atoms with van der Waals surface area (Å²) < 4.78 is 37.9. The number of alkyl halides is 3. The van der Waals surface area contributed by atoms with Crippen LogP contribution in [0.5, 0.6) is 0 Å². The smallest absolute Gasteiger partial charge is 0.326 e. The lowest BCUT2D eigenvalue weighted by molar-refractivity contribution is -0.137. The number of carbonyl (C=O) groups excluding carboxylic acids is 2. The Bertz CT molecular complexity index is 861. The Balaban J connectivity index is 1.49. The molecule has 8 heteroatoms. The van der Waals surface area contributed by atoms with Crippen molar-refractivity contribution in [1.29, 1.82) is 0 Å². The molecule has 2 amide bonds. The maximum atomic E-state index is 12.6. The van der Waals surface area contributed by atoms with Gasteiger partial charge in [0.1, 0.15) is 0 Å². The van der Waals surface area contributed by atoms with E-state index in [4.69, 9.17) is 0 Å². The molecular formula is C22H24F3N3O2. The summed E-state index contributed by atoms with van der Waals surface area (Å²) in [4.78, 5) is 26.9. The zero-order valence-corrected chi connectivity index (χ0v) is 16.6. The van der Waals surface area contributed by atoms with Crippen molar-refractivity contribution in [2.45, 2.75) is 32.0 Å². The molecule has 1 aliphatic heterocycles. The minimum atomic E-state index is -4.41. The molecule has 1 heterocycles. The third kappa shape index (κ3) is 5.60. The van der Waals surface area contributed by atoms with Crippen molar-refractivity contribution in [2.75, 3.05) is 23.7 Å². The van der Waals surface area contributed by atoms with Crippen LogP contribution in [0.1, 0.15) is 25.3 Å². The average Bonchev–Trinajstić information content (AvgIpc) is 2.73. The van der Waals surface area contributed by atoms with E-state index in [1.54, 1.807) is 6.92 Å². The summed E-state index contributed by atoms with van der Waals surface area (Å²) in [6.07, 6.45) is -3.14. The van der Waals surface area contributed by atoms with Crippen LogP contribution in [0.25, 0.3) is 0 Å². The lowest BCUT2D eigenvalue weighted by Gasteiger charge is -2.34. The number of carbonyl (C=O) groups is 2. The first kappa shape index (κ1) is 21.8. The molecule has 0 radical (unpaired) electrons. The van der Waals surface area contributed by atoms with Gasteiger partial charge in [-0.25, -0.2) is 0 Å². The van der Waals surface area contributed by atoms with Crippen molar-refractivity contribution in [2.24, 2.45) is 5.92 Å². The first-order chi connectivity index (χ1) is 14.2. The summed E-state index contributed by atoms with van der Waals surface area (Å²) in [5, 5.41) is 5.57. The number of rotatable bonds is 5. The van der Waals surface area contributed by atoms with E-state index >= 15 is 0 Å². The number of nitrogens with zero attached hydrogens (tertiary/aromatic N) is 1. The number of halogens is 3. The Kier molecular flexibility index (Phi) is 6.77. The van der Waals surface area contributed by atoms with E-state index in [0.717, 1.165) is 17.8 Å². The fraction of sp³-hybridized carbons (Fsp3) is 0.364. The zero-order valence-electron chi connectivity index (χ0n) is 16.6. The van der Waals surface area contributed by atoms with Crippen molar-refractivity contribution in [3.05, 3.63) is 60.2 Å². The molecule has 2 aromatic carbocycles. The van der Waals surface area contributed by atoms with Crippen molar-refractivity contribution in [3.63, 3.8) is 0 Å². The maximum Gasteiger partial charge on any atom is 0.416 e. The average molecular weight is 419 g/mol. The van der Waals surface area contributed by atoms with Crippen LogP contribution in [-0.4, -0.2) is 35.8 Å². The SMILES string of the molecule is C[C@H](C(=O)Nc1ccc(C(F)(F)F)cc1)N1CCC(C(=O)Nc2ccccc2)CC1. The van der Waals surface area contributed by atoms with Gasteiger partial charge in [-0.2, -0.15) is 13.2 Å². The van der Waals surface area contributed by atoms with Crippen LogP contribution in [0.4, 0.5) is 24.5 Å². The molecule has 2 aromatic rings. The fourth-order valence-corrected chi connectivity index (χ4v) is 3.47. The highest BCUT2D eigenvalue weighted by atomic mass is 19.4. The van der Waals surface area contributed by atoms with E-state index < -0.39 is 17.8 Å². The number of para-hydroxylation sites is 1. The molecule has 0 aromatic heterocycles. The van der Waals surface area contributed by atoms with Gasteiger partial charge >= 0.3 is 6.18 Å². The van der Waals surface area contributed by atoms with Gasteiger partial charge in [0, 0.05) is 17.3 Å². The molecule has 0 unspecified atom stereocenters. The Morgan fingerprint density at radius 2 is 1.50 bits per heavy atom. The number of hydrogen-bond acceptors (Lipinski definition) is 3. The van der Waals surface area contributed by atoms with Crippen LogP contribution >= 0.6 is 0 Å². The highest BCUT2D eigenvalue weighted by Gasteiger charge is 2.31. The third-order valence-corrected chi connectivity index (χ3v) is 5.35. The molecule has 0 saturated carbocycles. The van der Waals surface area contributed by atoms with Gasteiger partial charge in [-0.1, -0.05) is 18.2 Å². The maximum absolute atomic E-state index is 12.6. The summed E-state index contributed by atoms with van der Waals surface area (Å²) in [5.74, 6) is -0.434. The first-order valence-corrected chi connectivity index (χ1v) is 9.82. The summed E-state index contributed by atoms with van der Waals surface area (Å²) in [6, 6.07) is 13.2. The molecule has 30 heavy (non-hydrogen) atoms. The predicted molar refractivity (Wildman–Crippen MR) is 109 cm³/mol. The quantitative estimate of drug-likeness (QED) is 0.756. The van der Waals surface area contributed by atoms with Crippen LogP contribution in [0.15, 0.2) is 54.6 Å². The highest BCUT2D eigenvalue weighted by Crippen LogP contribution is 2.30. The molecule has 1 atom stereocenters. The topological polar surface area (TPSA) is 61.4 Å². The normalized spacial score (nSPS) is 16.7. The number of amides is 2. The number of likely N-dealkylation sites (tertiary alicyclic amines) is 1. The van der Waals surface area contributed by atoms with E-state index in [0.29, 0.717) is 31.6 Å². The van der Waals surface area contributed by atoms with Crippen molar-refractivity contribution in [1.82, 2.24) is 4.90 Å². The zero-order chi connectivity index (χ0) is 21.7. The summed E-state index contributed by atoms with van der Waals surface area (Å²) in [5.41, 5.74) is 0.315. The number of hydrogen-bond donors (Lipinski definition) is 2. The van der Waals surface area contributed by atoms with Gasteiger partial charge in [-0.3, -0.25) is 14.5 Å². The molecule has 1 saturated heterocycles. The van der Waals surface area contributed by atoms with Crippen LogP contribution in [-0.2, 0) is 15.8 Å². The lowest BCUT2D eigenvalue weighted by Crippen LogP contribution is -2.47. The number of anilines is 2. The molecule has 0 aliphatic carbocycles. The monoisotopic (exact) mass is 419 g/mol. The van der Waals surface area contributed by atoms with Crippen molar-refractivity contribution < 1.29 is 22.8 Å². The second-order valence-corrected chi connectivity index (χ2v) is 7.41. The Morgan fingerprint density at radius 3 is 2.07 bits per heavy atom. The van der Waals surface area contributed by atoms with E-state index in [1.165, 1.54) is 12.1 Å². The number of nitrogens with one attached hydrogen (secondary N) is 2. The molecular weight excluding hydrogens is 395 g/mol. The largest absolute Gasteiger partial charge is 0.416 e. The number of benzene rings is 2. The molecule has 0 bridgehead atoms. The highest BCUT2D eigenvalue weighted by molar-refractivity contribution is 5.95. The van der Waals surface area contributed by atoms with E-state index in [2.05, 4.69) is 10.6 Å². The minimum Gasteiger partial charge on any atom is -0.326 e. The van der Waals surface area contributed by atoms with Gasteiger partial charge in [0.05, 0.1) is 11.6 Å². The van der Waals surface area contributed by atoms with Crippen molar-refractivity contribution >= 4 is 23.2 Å². The predicted octanol–water partition coefficient (Wildman–Crippen LogP) is 4.38. The minimum absolute atomic E-state index is 0.0253. The molecule has 160 valence electrons. The fourth-order valence-electron chi connectivity index (χ4n) is 3.47. The second-order valence-electron chi connectivity index (χ2n) is 7.41. The standard InChI is InChI=1S/C22H24F3N3O2/c1-15(20(29)26-19-9-7-17(8-10-19)22(23,24)25)28-13-11-16(12-14-28)21(30)27-18-5-3-2-4-6-18/h2-10,15-16H,11-14H2,1H3,(H,26,29)(H,27,30)/t15-/m1/s1. The molecule has 0 spiro atoms. The summed E-state index contributed by atoms with van der Waals surface area (Å²) in [6.45, 7) is 2.94. The Hall–Kier alpha value is -2.87. The van der Waals surface area contributed by atoms with Crippen LogP contribution in [0.3, 0.4) is 0 Å². The van der Waals surface area contributed by atoms with Gasteiger partial charge in [0.2, 0.25) is 11.8 Å². The molecule has 3 rings (SSSR count). The lowest BCUT2D eigenvalue weighted by atomic mass is 9.94. The van der Waals surface area contributed by atoms with Crippen molar-refractivity contribution in [3.8, 4) is 0 Å². The molecule has 1 fully saturated rings. The van der Waals surface area contributed by atoms with Crippen LogP contribution < -0.4 is 10.6 Å².